The van der Waals surface area contributed by atoms with Crippen LogP contribution in [0.4, 0.5) is 11.4 Å². The normalized spacial score (nSPS) is 14.5. The Kier molecular flexibility index (Phi) is 6.78. The standard InChI is InChI=1S/C24H25N5O4S/c25-18-19(22(26)31)28-34-21(18)24(33)29(16-8-2-1-3-9-16)20(14-10-12-17(30)13-11-14)23(32)27-15-6-4-5-7-15/h1-3,8-13,15,20,30H,4-7,25H2,(H2,26,31)(H,27,32)/t20-/m0/s1. The SMILES string of the molecule is NC(=O)c1nsc(C(=O)N(c2ccccc2)[C@H](C(=O)NC2CCCC2)c2ccc(O)cc2)c1N. The fraction of sp³-hybridized carbons (Fsp3) is 0.250. The second-order valence-corrected chi connectivity index (χ2v) is 8.91. The number of carbonyl (C=O) groups is 3. The molecule has 1 aliphatic carbocycles. The van der Waals surface area contributed by atoms with E-state index in [0.717, 1.165) is 37.2 Å². The first-order valence-corrected chi connectivity index (χ1v) is 11.7. The van der Waals surface area contributed by atoms with Gasteiger partial charge < -0.3 is 21.9 Å². The second kappa shape index (κ2) is 9.92. The zero-order valence-electron chi connectivity index (χ0n) is 18.3. The summed E-state index contributed by atoms with van der Waals surface area (Å²) in [5.41, 5.74) is 12.0. The van der Waals surface area contributed by atoms with E-state index in [0.29, 0.717) is 11.3 Å². The molecule has 0 radical (unpaired) electrons. The molecule has 0 unspecified atom stereocenters. The number of anilines is 2. The molecule has 0 aliphatic heterocycles. The number of amides is 3. The number of phenols is 1. The van der Waals surface area contributed by atoms with Crippen LogP contribution in [-0.4, -0.2) is 33.2 Å². The van der Waals surface area contributed by atoms with Gasteiger partial charge in [-0.1, -0.05) is 43.2 Å². The number of hydrogen-bond acceptors (Lipinski definition) is 7. The first kappa shape index (κ1) is 23.2. The van der Waals surface area contributed by atoms with Crippen LogP contribution in [0.25, 0.3) is 0 Å². The first-order valence-electron chi connectivity index (χ1n) is 10.9. The third kappa shape index (κ3) is 4.72. The number of nitrogens with zero attached hydrogens (tertiary/aromatic N) is 2. The lowest BCUT2D eigenvalue weighted by Gasteiger charge is -2.32. The summed E-state index contributed by atoms with van der Waals surface area (Å²) in [6, 6.07) is 13.8. The molecule has 0 saturated heterocycles. The molecule has 9 nitrogen and oxygen atoms in total. The summed E-state index contributed by atoms with van der Waals surface area (Å²) in [5.74, 6) is -1.75. The number of aromatic nitrogens is 1. The molecule has 1 atom stereocenters. The topological polar surface area (TPSA) is 152 Å². The number of para-hydroxylation sites is 1. The molecule has 4 rings (SSSR count). The Morgan fingerprint density at radius 2 is 1.71 bits per heavy atom. The third-order valence-electron chi connectivity index (χ3n) is 5.83. The molecule has 10 heteroatoms. The van der Waals surface area contributed by atoms with Crippen LogP contribution in [0.2, 0.25) is 0 Å². The number of benzene rings is 2. The molecule has 1 heterocycles. The number of phenolic OH excluding ortho intramolecular Hbond substituents is 1. The molecule has 1 saturated carbocycles. The maximum absolute atomic E-state index is 13.9. The van der Waals surface area contributed by atoms with Crippen molar-refractivity contribution in [2.45, 2.75) is 37.8 Å². The second-order valence-electron chi connectivity index (χ2n) is 8.13. The van der Waals surface area contributed by atoms with Crippen LogP contribution in [0.5, 0.6) is 5.75 Å². The number of carbonyl (C=O) groups excluding carboxylic acids is 3. The maximum Gasteiger partial charge on any atom is 0.273 e. The highest BCUT2D eigenvalue weighted by molar-refractivity contribution is 7.09. The molecule has 3 amide bonds. The maximum atomic E-state index is 13.9. The van der Waals surface area contributed by atoms with Crippen molar-refractivity contribution in [3.05, 3.63) is 70.7 Å². The Morgan fingerprint density at radius 3 is 2.29 bits per heavy atom. The van der Waals surface area contributed by atoms with E-state index in [1.165, 1.54) is 17.0 Å². The van der Waals surface area contributed by atoms with Gasteiger partial charge in [-0.25, -0.2) is 0 Å². The van der Waals surface area contributed by atoms with E-state index in [4.69, 9.17) is 11.5 Å². The molecule has 0 bridgehead atoms. The summed E-state index contributed by atoms with van der Waals surface area (Å²) in [7, 11) is 0. The molecule has 3 aromatic rings. The van der Waals surface area contributed by atoms with E-state index in [-0.39, 0.29) is 34.0 Å². The first-order chi connectivity index (χ1) is 16.4. The van der Waals surface area contributed by atoms with Crippen molar-refractivity contribution in [1.29, 1.82) is 0 Å². The lowest BCUT2D eigenvalue weighted by atomic mass is 10.0. The minimum absolute atomic E-state index is 0.00935. The summed E-state index contributed by atoms with van der Waals surface area (Å²) >= 11 is 0.757. The van der Waals surface area contributed by atoms with E-state index < -0.39 is 17.9 Å². The predicted octanol–water partition coefficient (Wildman–Crippen LogP) is 2.98. The molecule has 34 heavy (non-hydrogen) atoms. The van der Waals surface area contributed by atoms with Crippen molar-refractivity contribution in [3.63, 3.8) is 0 Å². The van der Waals surface area contributed by atoms with Gasteiger partial charge in [-0.3, -0.25) is 19.3 Å². The lowest BCUT2D eigenvalue weighted by molar-refractivity contribution is -0.123. The fourth-order valence-electron chi connectivity index (χ4n) is 4.14. The van der Waals surface area contributed by atoms with Gasteiger partial charge >= 0.3 is 0 Å². The fourth-order valence-corrected chi connectivity index (χ4v) is 4.88. The van der Waals surface area contributed by atoms with Crippen LogP contribution in [0, 0.1) is 0 Å². The zero-order valence-corrected chi connectivity index (χ0v) is 19.1. The van der Waals surface area contributed by atoms with Crippen molar-refractivity contribution in [2.75, 3.05) is 10.6 Å². The molecule has 1 aliphatic rings. The summed E-state index contributed by atoms with van der Waals surface area (Å²) < 4.78 is 3.95. The Labute approximate surface area is 200 Å². The van der Waals surface area contributed by atoms with Crippen molar-refractivity contribution in [2.24, 2.45) is 5.73 Å². The minimum atomic E-state index is -1.06. The molecule has 0 spiro atoms. The molecular formula is C24H25N5O4S. The number of hydrogen-bond donors (Lipinski definition) is 4. The number of rotatable bonds is 7. The average molecular weight is 480 g/mol. The summed E-state index contributed by atoms with van der Waals surface area (Å²) in [6.07, 6.45) is 3.81. The Balaban J connectivity index is 1.82. The van der Waals surface area contributed by atoms with Crippen molar-refractivity contribution in [3.8, 4) is 5.75 Å². The van der Waals surface area contributed by atoms with Crippen LogP contribution in [-0.2, 0) is 4.79 Å². The van der Waals surface area contributed by atoms with Gasteiger partial charge in [0.2, 0.25) is 5.91 Å². The van der Waals surface area contributed by atoms with Crippen molar-refractivity contribution in [1.82, 2.24) is 9.69 Å². The van der Waals surface area contributed by atoms with E-state index >= 15 is 0 Å². The van der Waals surface area contributed by atoms with Crippen LogP contribution in [0.3, 0.4) is 0 Å². The molecule has 176 valence electrons. The average Bonchev–Trinajstić information content (AvgIpc) is 3.48. The molecule has 1 aromatic heterocycles. The van der Waals surface area contributed by atoms with E-state index in [2.05, 4.69) is 9.69 Å². The van der Waals surface area contributed by atoms with Crippen molar-refractivity contribution >= 4 is 40.6 Å². The van der Waals surface area contributed by atoms with Crippen LogP contribution in [0.15, 0.2) is 54.6 Å². The summed E-state index contributed by atoms with van der Waals surface area (Å²) in [5, 5.41) is 12.9. The predicted molar refractivity (Wildman–Crippen MR) is 130 cm³/mol. The molecular weight excluding hydrogens is 454 g/mol. The van der Waals surface area contributed by atoms with E-state index in [1.54, 1.807) is 42.5 Å². The lowest BCUT2D eigenvalue weighted by Crippen LogP contribution is -2.46. The van der Waals surface area contributed by atoms with Gasteiger partial charge in [-0.2, -0.15) is 4.37 Å². The highest BCUT2D eigenvalue weighted by Crippen LogP contribution is 2.34. The number of nitrogens with two attached hydrogens (primary N) is 2. The highest BCUT2D eigenvalue weighted by atomic mass is 32.1. The number of aromatic hydroxyl groups is 1. The van der Waals surface area contributed by atoms with Gasteiger partial charge in [0.25, 0.3) is 11.8 Å². The highest BCUT2D eigenvalue weighted by Gasteiger charge is 2.37. The zero-order chi connectivity index (χ0) is 24.2. The monoisotopic (exact) mass is 479 g/mol. The van der Waals surface area contributed by atoms with Gasteiger partial charge in [-0.05, 0) is 54.2 Å². The summed E-state index contributed by atoms with van der Waals surface area (Å²) in [6.45, 7) is 0. The van der Waals surface area contributed by atoms with Gasteiger partial charge in [-0.15, -0.1) is 0 Å². The Bertz CT molecular complexity index is 1190. The quantitative estimate of drug-likeness (QED) is 0.409. The molecule has 6 N–H and O–H groups in total. The third-order valence-corrected chi connectivity index (χ3v) is 6.68. The smallest absolute Gasteiger partial charge is 0.273 e. The van der Waals surface area contributed by atoms with E-state index in [1.807, 2.05) is 0 Å². The van der Waals surface area contributed by atoms with Gasteiger partial charge in [0.05, 0.1) is 5.69 Å². The Morgan fingerprint density at radius 1 is 1.06 bits per heavy atom. The van der Waals surface area contributed by atoms with Crippen molar-refractivity contribution < 1.29 is 19.5 Å². The van der Waals surface area contributed by atoms with Gasteiger partial charge in [0, 0.05) is 11.7 Å². The Hall–Kier alpha value is -3.92. The number of primary amides is 1. The van der Waals surface area contributed by atoms with Crippen LogP contribution in [0.1, 0.15) is 57.4 Å². The minimum Gasteiger partial charge on any atom is -0.508 e. The number of nitrogen functional groups attached to an aromatic ring is 1. The van der Waals surface area contributed by atoms with E-state index in [9.17, 15) is 19.5 Å². The van der Waals surface area contributed by atoms with Gasteiger partial charge in [0.15, 0.2) is 5.69 Å². The molecule has 1 fully saturated rings. The number of nitrogens with one attached hydrogen (secondary N) is 1. The largest absolute Gasteiger partial charge is 0.508 e. The van der Waals surface area contributed by atoms with Gasteiger partial charge in [0.1, 0.15) is 16.7 Å². The van der Waals surface area contributed by atoms with Crippen LogP contribution >= 0.6 is 11.5 Å². The van der Waals surface area contributed by atoms with Crippen LogP contribution < -0.4 is 21.7 Å². The molecule has 2 aromatic carbocycles. The summed E-state index contributed by atoms with van der Waals surface area (Å²) in [4.78, 5) is 40.5.